The smallest absolute Gasteiger partial charge is 0.422 e. The van der Waals surface area contributed by atoms with E-state index in [1.165, 1.54) is 12.3 Å². The number of rotatable bonds is 6. The third kappa shape index (κ3) is 5.09. The molecule has 146 valence electrons. The van der Waals surface area contributed by atoms with Crippen LogP contribution in [0.3, 0.4) is 0 Å². The standard InChI is InChI=1S/C19H17F3N4O2/c1-12(14-7-8-17(23-10-14)28-11-19(20,21)22)24-18(27)16-9-15(25-26-16)13-5-3-2-4-6-13/h2-10,12H,11H2,1H3,(H,24,27)(H,25,26). The molecule has 2 heterocycles. The first-order valence-corrected chi connectivity index (χ1v) is 8.39. The zero-order valence-electron chi connectivity index (χ0n) is 14.8. The number of H-pyrrole nitrogens is 1. The number of ether oxygens (including phenoxy) is 1. The van der Waals surface area contributed by atoms with Crippen molar-refractivity contribution in [1.82, 2.24) is 20.5 Å². The molecule has 0 aliphatic rings. The number of benzene rings is 1. The maximum atomic E-state index is 12.4. The Morgan fingerprint density at radius 1 is 1.21 bits per heavy atom. The highest BCUT2D eigenvalue weighted by molar-refractivity contribution is 5.93. The first kappa shape index (κ1) is 19.4. The van der Waals surface area contributed by atoms with Gasteiger partial charge in [0.1, 0.15) is 5.69 Å². The van der Waals surface area contributed by atoms with E-state index in [-0.39, 0.29) is 11.8 Å². The van der Waals surface area contributed by atoms with Gasteiger partial charge in [-0.25, -0.2) is 4.98 Å². The SMILES string of the molecule is CC(NC(=O)c1cc(-c2ccccc2)n[nH]1)c1ccc(OCC(F)(F)F)nc1. The fraction of sp³-hybridized carbons (Fsp3) is 0.211. The van der Waals surface area contributed by atoms with Crippen LogP contribution in [0.1, 0.15) is 29.0 Å². The van der Waals surface area contributed by atoms with Crippen LogP contribution < -0.4 is 10.1 Å². The van der Waals surface area contributed by atoms with E-state index in [4.69, 9.17) is 0 Å². The van der Waals surface area contributed by atoms with Crippen LogP contribution in [-0.2, 0) is 0 Å². The fourth-order valence-corrected chi connectivity index (χ4v) is 2.44. The molecule has 3 rings (SSSR count). The maximum Gasteiger partial charge on any atom is 0.422 e. The number of aromatic nitrogens is 3. The fourth-order valence-electron chi connectivity index (χ4n) is 2.44. The number of nitrogens with zero attached hydrogens (tertiary/aromatic N) is 2. The van der Waals surface area contributed by atoms with Crippen LogP contribution in [0, 0.1) is 0 Å². The lowest BCUT2D eigenvalue weighted by Crippen LogP contribution is -2.27. The molecule has 0 aliphatic carbocycles. The van der Waals surface area contributed by atoms with Gasteiger partial charge in [0.2, 0.25) is 5.88 Å². The lowest BCUT2D eigenvalue weighted by molar-refractivity contribution is -0.154. The first-order chi connectivity index (χ1) is 13.3. The van der Waals surface area contributed by atoms with Gasteiger partial charge in [0.15, 0.2) is 6.61 Å². The maximum absolute atomic E-state index is 12.4. The summed E-state index contributed by atoms with van der Waals surface area (Å²) in [5, 5.41) is 9.61. The van der Waals surface area contributed by atoms with Crippen LogP contribution in [0.4, 0.5) is 13.2 Å². The lowest BCUT2D eigenvalue weighted by atomic mass is 10.1. The van der Waals surface area contributed by atoms with Gasteiger partial charge in [0.25, 0.3) is 5.91 Å². The average Bonchev–Trinajstić information content (AvgIpc) is 3.17. The minimum atomic E-state index is -4.43. The van der Waals surface area contributed by atoms with E-state index < -0.39 is 18.8 Å². The highest BCUT2D eigenvalue weighted by atomic mass is 19.4. The monoisotopic (exact) mass is 390 g/mol. The molecular weight excluding hydrogens is 373 g/mol. The minimum Gasteiger partial charge on any atom is -0.468 e. The summed E-state index contributed by atoms with van der Waals surface area (Å²) < 4.78 is 41.0. The zero-order chi connectivity index (χ0) is 20.1. The number of carbonyl (C=O) groups is 1. The Bertz CT molecular complexity index is 924. The van der Waals surface area contributed by atoms with Crippen molar-refractivity contribution >= 4 is 5.91 Å². The molecule has 0 fully saturated rings. The van der Waals surface area contributed by atoms with Crippen LogP contribution in [0.25, 0.3) is 11.3 Å². The molecule has 1 atom stereocenters. The van der Waals surface area contributed by atoms with Crippen molar-refractivity contribution in [3.8, 4) is 17.1 Å². The van der Waals surface area contributed by atoms with E-state index >= 15 is 0 Å². The summed E-state index contributed by atoms with van der Waals surface area (Å²) in [7, 11) is 0. The molecule has 9 heteroatoms. The van der Waals surface area contributed by atoms with Crippen LogP contribution in [-0.4, -0.2) is 33.9 Å². The quantitative estimate of drug-likeness (QED) is 0.669. The molecule has 0 saturated carbocycles. The summed E-state index contributed by atoms with van der Waals surface area (Å²) in [6.45, 7) is 0.328. The van der Waals surface area contributed by atoms with Crippen LogP contribution in [0.15, 0.2) is 54.7 Å². The van der Waals surface area contributed by atoms with Gasteiger partial charge in [-0.1, -0.05) is 36.4 Å². The third-order valence-corrected chi connectivity index (χ3v) is 3.88. The number of hydrogen-bond donors (Lipinski definition) is 2. The molecule has 1 amide bonds. The number of alkyl halides is 3. The molecule has 0 bridgehead atoms. The lowest BCUT2D eigenvalue weighted by Gasteiger charge is -2.14. The van der Waals surface area contributed by atoms with Gasteiger partial charge < -0.3 is 10.1 Å². The molecule has 0 saturated heterocycles. The van der Waals surface area contributed by atoms with E-state index in [9.17, 15) is 18.0 Å². The van der Waals surface area contributed by atoms with Crippen molar-refractivity contribution in [2.45, 2.75) is 19.1 Å². The Hall–Kier alpha value is -3.36. The third-order valence-electron chi connectivity index (χ3n) is 3.88. The molecule has 2 aromatic heterocycles. The Balaban J connectivity index is 1.60. The number of pyridine rings is 1. The van der Waals surface area contributed by atoms with E-state index in [1.807, 2.05) is 30.3 Å². The van der Waals surface area contributed by atoms with Crippen LogP contribution in [0.5, 0.6) is 5.88 Å². The van der Waals surface area contributed by atoms with Crippen molar-refractivity contribution in [3.63, 3.8) is 0 Å². The Morgan fingerprint density at radius 3 is 2.61 bits per heavy atom. The predicted molar refractivity (Wildman–Crippen MR) is 95.7 cm³/mol. The van der Waals surface area contributed by atoms with E-state index in [0.29, 0.717) is 17.0 Å². The highest BCUT2D eigenvalue weighted by Crippen LogP contribution is 2.20. The van der Waals surface area contributed by atoms with Crippen molar-refractivity contribution < 1.29 is 22.7 Å². The number of hydrogen-bond acceptors (Lipinski definition) is 4. The van der Waals surface area contributed by atoms with Gasteiger partial charge in [-0.3, -0.25) is 9.89 Å². The zero-order valence-corrected chi connectivity index (χ0v) is 14.8. The summed E-state index contributed by atoms with van der Waals surface area (Å²) in [4.78, 5) is 16.2. The number of amides is 1. The molecule has 0 spiro atoms. The van der Waals surface area contributed by atoms with E-state index in [0.717, 1.165) is 5.56 Å². The van der Waals surface area contributed by atoms with Crippen molar-refractivity contribution in [2.75, 3.05) is 6.61 Å². The van der Waals surface area contributed by atoms with Crippen LogP contribution >= 0.6 is 0 Å². The molecular formula is C19H17F3N4O2. The topological polar surface area (TPSA) is 79.9 Å². The second-order valence-corrected chi connectivity index (χ2v) is 6.06. The van der Waals surface area contributed by atoms with Gasteiger partial charge in [-0.2, -0.15) is 18.3 Å². The second kappa shape index (κ2) is 8.12. The minimum absolute atomic E-state index is 0.138. The van der Waals surface area contributed by atoms with Gasteiger partial charge in [-0.05, 0) is 18.6 Å². The second-order valence-electron chi connectivity index (χ2n) is 6.06. The largest absolute Gasteiger partial charge is 0.468 e. The molecule has 1 unspecified atom stereocenters. The van der Waals surface area contributed by atoms with Crippen molar-refractivity contribution in [3.05, 3.63) is 66.0 Å². The average molecular weight is 390 g/mol. The molecule has 1 aromatic carbocycles. The van der Waals surface area contributed by atoms with E-state index in [2.05, 4.69) is 25.2 Å². The predicted octanol–water partition coefficient (Wildman–Crippen LogP) is 3.90. The number of aromatic amines is 1. The first-order valence-electron chi connectivity index (χ1n) is 8.39. The van der Waals surface area contributed by atoms with E-state index in [1.54, 1.807) is 19.1 Å². The summed E-state index contributed by atoms with van der Waals surface area (Å²) in [5.41, 5.74) is 2.44. The Morgan fingerprint density at radius 2 is 1.96 bits per heavy atom. The molecule has 6 nitrogen and oxygen atoms in total. The molecule has 0 aliphatic heterocycles. The number of halogens is 3. The molecule has 0 radical (unpaired) electrons. The number of carbonyl (C=O) groups excluding carboxylic acids is 1. The molecule has 2 N–H and O–H groups in total. The Labute approximate surface area is 158 Å². The van der Waals surface area contributed by atoms with Gasteiger partial charge >= 0.3 is 6.18 Å². The van der Waals surface area contributed by atoms with Gasteiger partial charge in [-0.15, -0.1) is 0 Å². The summed E-state index contributed by atoms with van der Waals surface area (Å²) in [5.74, 6) is -0.500. The summed E-state index contributed by atoms with van der Waals surface area (Å²) in [6.07, 6.45) is -3.07. The summed E-state index contributed by atoms with van der Waals surface area (Å²) >= 11 is 0. The Kier molecular flexibility index (Phi) is 5.62. The van der Waals surface area contributed by atoms with Crippen molar-refractivity contribution in [1.29, 1.82) is 0 Å². The van der Waals surface area contributed by atoms with Gasteiger partial charge in [0.05, 0.1) is 11.7 Å². The van der Waals surface area contributed by atoms with Crippen molar-refractivity contribution in [2.24, 2.45) is 0 Å². The van der Waals surface area contributed by atoms with Gasteiger partial charge in [0, 0.05) is 17.8 Å². The summed E-state index contributed by atoms with van der Waals surface area (Å²) in [6, 6.07) is 13.5. The van der Waals surface area contributed by atoms with Crippen LogP contribution in [0.2, 0.25) is 0 Å². The highest BCUT2D eigenvalue weighted by Gasteiger charge is 2.28. The molecule has 3 aromatic rings. The molecule has 28 heavy (non-hydrogen) atoms. The normalized spacial score (nSPS) is 12.4. The number of nitrogens with one attached hydrogen (secondary N) is 2.